The number of piperidine rings is 1. The van der Waals surface area contributed by atoms with Crippen LogP contribution in [0.25, 0.3) is 10.2 Å². The fourth-order valence-electron chi connectivity index (χ4n) is 5.52. The molecule has 5 heteroatoms. The van der Waals surface area contributed by atoms with E-state index >= 15 is 0 Å². The molecular formula is C28H35N3OS. The molecule has 3 aromatic rings. The summed E-state index contributed by atoms with van der Waals surface area (Å²) in [5.74, 6) is 1.38. The maximum absolute atomic E-state index is 13.4. The third kappa shape index (κ3) is 4.52. The third-order valence-electron chi connectivity index (χ3n) is 7.77. The minimum Gasteiger partial charge on any atom is -0.397 e. The van der Waals surface area contributed by atoms with Gasteiger partial charge in [0.25, 0.3) is 5.91 Å². The number of thiophene rings is 1. The van der Waals surface area contributed by atoms with Crippen LogP contribution in [0.2, 0.25) is 0 Å². The molecule has 0 radical (unpaired) electrons. The van der Waals surface area contributed by atoms with Crippen LogP contribution >= 0.6 is 11.3 Å². The van der Waals surface area contributed by atoms with Crippen molar-refractivity contribution in [3.05, 3.63) is 58.1 Å². The molecule has 1 unspecified atom stereocenters. The van der Waals surface area contributed by atoms with E-state index in [0.29, 0.717) is 27.8 Å². The molecule has 1 amide bonds. The molecular weight excluding hydrogens is 426 g/mol. The number of anilines is 1. The van der Waals surface area contributed by atoms with Crippen LogP contribution in [0.1, 0.15) is 66.5 Å². The third-order valence-corrected chi connectivity index (χ3v) is 8.88. The summed E-state index contributed by atoms with van der Waals surface area (Å²) in [6.07, 6.45) is 6.44. The van der Waals surface area contributed by atoms with E-state index in [1.54, 1.807) is 0 Å². The van der Waals surface area contributed by atoms with Gasteiger partial charge in [0.2, 0.25) is 0 Å². The molecule has 0 bridgehead atoms. The van der Waals surface area contributed by atoms with Crippen LogP contribution in [0, 0.1) is 17.3 Å². The molecule has 0 saturated carbocycles. The average Bonchev–Trinajstić information content (AvgIpc) is 3.12. The molecule has 1 saturated heterocycles. The summed E-state index contributed by atoms with van der Waals surface area (Å²) in [5, 5.41) is 0.968. The summed E-state index contributed by atoms with van der Waals surface area (Å²) in [7, 11) is 0. The SMILES string of the molecule is CC(C)(C)C1CCc2nc3sc(C(=O)N4CCC(Cc5ccccc5)CC4)c(N)c3cc2C1. The molecule has 3 heterocycles. The maximum atomic E-state index is 13.4. The van der Waals surface area contributed by atoms with Crippen molar-refractivity contribution in [3.63, 3.8) is 0 Å². The molecule has 174 valence electrons. The fraction of sp³-hybridized carbons (Fsp3) is 0.500. The molecule has 1 fully saturated rings. The first-order valence-electron chi connectivity index (χ1n) is 12.3. The summed E-state index contributed by atoms with van der Waals surface area (Å²) in [4.78, 5) is 21.9. The van der Waals surface area contributed by atoms with Gasteiger partial charge < -0.3 is 10.6 Å². The minimum absolute atomic E-state index is 0.0826. The monoisotopic (exact) mass is 461 g/mol. The topological polar surface area (TPSA) is 59.2 Å². The molecule has 4 nitrogen and oxygen atoms in total. The Bertz CT molecular complexity index is 1150. The van der Waals surface area contributed by atoms with Crippen molar-refractivity contribution in [1.82, 2.24) is 9.88 Å². The highest BCUT2D eigenvalue weighted by Gasteiger charge is 2.31. The van der Waals surface area contributed by atoms with Crippen LogP contribution in [-0.2, 0) is 19.3 Å². The van der Waals surface area contributed by atoms with E-state index in [0.717, 1.165) is 55.4 Å². The predicted octanol–water partition coefficient (Wildman–Crippen LogP) is 6.12. The number of nitrogen functional groups attached to an aromatic ring is 1. The highest BCUT2D eigenvalue weighted by molar-refractivity contribution is 7.21. The summed E-state index contributed by atoms with van der Waals surface area (Å²) >= 11 is 1.48. The van der Waals surface area contributed by atoms with Crippen molar-refractivity contribution in [2.24, 2.45) is 17.3 Å². The first-order chi connectivity index (χ1) is 15.8. The first kappa shape index (κ1) is 22.4. The summed E-state index contributed by atoms with van der Waals surface area (Å²) in [6.45, 7) is 8.59. The number of pyridine rings is 1. The van der Waals surface area contributed by atoms with Crippen LogP contribution in [0.5, 0.6) is 0 Å². The maximum Gasteiger partial charge on any atom is 0.266 e. The number of aryl methyl sites for hydroxylation is 1. The largest absolute Gasteiger partial charge is 0.397 e. The van der Waals surface area contributed by atoms with Crippen LogP contribution < -0.4 is 5.73 Å². The van der Waals surface area contributed by atoms with E-state index in [2.05, 4.69) is 57.2 Å². The van der Waals surface area contributed by atoms with Crippen molar-refractivity contribution in [3.8, 4) is 0 Å². The van der Waals surface area contributed by atoms with Gasteiger partial charge >= 0.3 is 0 Å². The van der Waals surface area contributed by atoms with Gasteiger partial charge in [-0.2, -0.15) is 0 Å². The zero-order valence-corrected chi connectivity index (χ0v) is 20.9. The number of carbonyl (C=O) groups excluding carboxylic acids is 1. The van der Waals surface area contributed by atoms with Crippen molar-refractivity contribution >= 4 is 33.1 Å². The van der Waals surface area contributed by atoms with Crippen LogP contribution in [0.15, 0.2) is 36.4 Å². The Hall–Kier alpha value is -2.40. The number of aromatic nitrogens is 1. The number of fused-ring (bicyclic) bond motifs is 2. The van der Waals surface area contributed by atoms with Gasteiger partial charge in [-0.3, -0.25) is 4.79 Å². The molecule has 1 aromatic carbocycles. The highest BCUT2D eigenvalue weighted by atomic mass is 32.1. The number of carbonyl (C=O) groups is 1. The van der Waals surface area contributed by atoms with Gasteiger partial charge in [0, 0.05) is 24.2 Å². The van der Waals surface area contributed by atoms with Gasteiger partial charge in [0.05, 0.1) is 5.69 Å². The van der Waals surface area contributed by atoms with Gasteiger partial charge in [-0.25, -0.2) is 4.98 Å². The molecule has 1 aliphatic carbocycles. The Kier molecular flexibility index (Phi) is 5.94. The summed E-state index contributed by atoms with van der Waals surface area (Å²) in [5.41, 5.74) is 11.4. The lowest BCUT2D eigenvalue weighted by molar-refractivity contribution is 0.0696. The molecule has 33 heavy (non-hydrogen) atoms. The molecule has 1 aliphatic heterocycles. The van der Waals surface area contributed by atoms with E-state index in [9.17, 15) is 4.79 Å². The normalized spacial score (nSPS) is 19.6. The van der Waals surface area contributed by atoms with Gasteiger partial charge in [-0.15, -0.1) is 11.3 Å². The Morgan fingerprint density at radius 2 is 1.88 bits per heavy atom. The van der Waals surface area contributed by atoms with Crippen LogP contribution in [0.4, 0.5) is 5.69 Å². The second-order valence-corrected chi connectivity index (χ2v) is 12.0. The molecule has 2 aliphatic rings. The number of amides is 1. The van der Waals surface area contributed by atoms with E-state index in [1.165, 1.54) is 34.6 Å². The Balaban J connectivity index is 1.31. The predicted molar refractivity (Wildman–Crippen MR) is 138 cm³/mol. The number of nitrogens with two attached hydrogens (primary N) is 1. The van der Waals surface area contributed by atoms with Gasteiger partial charge in [0.15, 0.2) is 0 Å². The number of hydrogen-bond acceptors (Lipinski definition) is 4. The quantitative estimate of drug-likeness (QED) is 0.511. The van der Waals surface area contributed by atoms with Crippen molar-refractivity contribution in [2.45, 2.75) is 59.3 Å². The van der Waals surface area contributed by atoms with Crippen molar-refractivity contribution in [1.29, 1.82) is 0 Å². The minimum atomic E-state index is 0.0826. The average molecular weight is 462 g/mol. The lowest BCUT2D eigenvalue weighted by Gasteiger charge is -2.34. The van der Waals surface area contributed by atoms with E-state index < -0.39 is 0 Å². The number of likely N-dealkylation sites (tertiary alicyclic amines) is 1. The standard InChI is InChI=1S/C28H35N3OS/c1-28(2,3)21-9-10-23-20(16-21)17-22-24(29)25(33-26(22)30-23)27(32)31-13-11-19(12-14-31)15-18-7-5-4-6-8-18/h4-8,17,19,21H,9-16,29H2,1-3H3. The second kappa shape index (κ2) is 8.75. The van der Waals surface area contributed by atoms with Gasteiger partial charge in [-0.05, 0) is 73.0 Å². The van der Waals surface area contributed by atoms with E-state index in [4.69, 9.17) is 10.7 Å². The zero-order valence-electron chi connectivity index (χ0n) is 20.1. The number of hydrogen-bond donors (Lipinski definition) is 1. The van der Waals surface area contributed by atoms with Gasteiger partial charge in [0.1, 0.15) is 9.71 Å². The van der Waals surface area contributed by atoms with E-state index in [-0.39, 0.29) is 5.91 Å². The van der Waals surface area contributed by atoms with E-state index in [1.807, 2.05) is 4.90 Å². The van der Waals surface area contributed by atoms with Crippen molar-refractivity contribution < 1.29 is 4.79 Å². The Morgan fingerprint density at radius 1 is 1.15 bits per heavy atom. The molecule has 5 rings (SSSR count). The zero-order chi connectivity index (χ0) is 23.2. The number of benzene rings is 1. The number of rotatable bonds is 3. The smallest absolute Gasteiger partial charge is 0.266 e. The van der Waals surface area contributed by atoms with Crippen LogP contribution in [0.3, 0.4) is 0 Å². The molecule has 2 aromatic heterocycles. The molecule has 1 atom stereocenters. The molecule has 0 spiro atoms. The lowest BCUT2D eigenvalue weighted by atomic mass is 9.71. The summed E-state index contributed by atoms with van der Waals surface area (Å²) < 4.78 is 0. The Morgan fingerprint density at radius 3 is 2.58 bits per heavy atom. The number of nitrogens with zero attached hydrogens (tertiary/aromatic N) is 2. The van der Waals surface area contributed by atoms with Crippen LogP contribution in [-0.4, -0.2) is 28.9 Å². The van der Waals surface area contributed by atoms with Crippen molar-refractivity contribution in [2.75, 3.05) is 18.8 Å². The Labute approximate surface area is 201 Å². The lowest BCUT2D eigenvalue weighted by Crippen LogP contribution is -2.38. The second-order valence-electron chi connectivity index (χ2n) is 11.0. The van der Waals surface area contributed by atoms with Gasteiger partial charge in [-0.1, -0.05) is 51.1 Å². The highest BCUT2D eigenvalue weighted by Crippen LogP contribution is 2.41. The molecule has 2 N–H and O–H groups in total. The first-order valence-corrected chi connectivity index (χ1v) is 13.1. The fourth-order valence-corrected chi connectivity index (χ4v) is 6.58. The summed E-state index contributed by atoms with van der Waals surface area (Å²) in [6, 6.07) is 12.9.